The molecular weight excluding hydrogens is 516 g/mol. The molecule has 4 heteroatoms. The first-order chi connectivity index (χ1) is 20.0. The Morgan fingerprint density at radius 3 is 1.83 bits per heavy atom. The van der Waals surface area contributed by atoms with Gasteiger partial charge in [0.05, 0.1) is 11.1 Å². The number of allylic oxidation sites excluding steroid dienone is 7. The molecule has 0 saturated carbocycles. The highest BCUT2D eigenvalue weighted by Crippen LogP contribution is 2.40. The molecule has 0 atom stereocenters. The van der Waals surface area contributed by atoms with Crippen LogP contribution in [0.2, 0.25) is 0 Å². The molecule has 0 aromatic heterocycles. The summed E-state index contributed by atoms with van der Waals surface area (Å²) in [6.07, 6.45) is 7.93. The Morgan fingerprint density at radius 1 is 0.714 bits per heavy atom. The lowest BCUT2D eigenvalue weighted by atomic mass is 9.80. The third-order valence-corrected chi connectivity index (χ3v) is 8.05. The van der Waals surface area contributed by atoms with Gasteiger partial charge in [-0.15, -0.1) is 0 Å². The first-order valence-electron chi connectivity index (χ1n) is 14.8. The van der Waals surface area contributed by atoms with Crippen LogP contribution in [0.4, 0.5) is 17.1 Å². The van der Waals surface area contributed by atoms with Crippen molar-refractivity contribution < 1.29 is 14.5 Å². The zero-order chi connectivity index (χ0) is 30.3. The Labute approximate surface area is 250 Å². The molecule has 2 aliphatic rings. The van der Waals surface area contributed by atoms with Gasteiger partial charge in [-0.2, -0.15) is 4.58 Å². The summed E-state index contributed by atoms with van der Waals surface area (Å²) in [6, 6.07) is 21.4. The van der Waals surface area contributed by atoms with Crippen LogP contribution < -0.4 is 4.90 Å². The summed E-state index contributed by atoms with van der Waals surface area (Å²) in [7, 11) is 0. The number of hydrogen-bond donors (Lipinski definition) is 1. The molecule has 5 rings (SSSR count). The molecular formula is C38H41N2O2+. The van der Waals surface area contributed by atoms with Gasteiger partial charge in [-0.25, -0.2) is 0 Å². The maximum absolute atomic E-state index is 13.3. The largest absolute Gasteiger partial charge is 0.506 e. The van der Waals surface area contributed by atoms with Crippen molar-refractivity contribution in [2.45, 2.75) is 67.5 Å². The number of carbonyl (C=O) groups is 1. The third-order valence-electron chi connectivity index (χ3n) is 8.05. The number of rotatable bonds is 6. The molecule has 0 amide bonds. The summed E-state index contributed by atoms with van der Waals surface area (Å²) in [4.78, 5) is 15.6. The predicted octanol–water partition coefficient (Wildman–Crippen LogP) is 8.93. The minimum Gasteiger partial charge on any atom is -0.506 e. The van der Waals surface area contributed by atoms with Crippen molar-refractivity contribution in [3.05, 3.63) is 130 Å². The van der Waals surface area contributed by atoms with Crippen LogP contribution >= 0.6 is 0 Å². The highest BCUT2D eigenvalue weighted by Gasteiger charge is 2.37. The standard InChI is InChI=1S/C38H40N2O2/c1-23(2)39(33-19-9-25(5)21-27(33)7)31-15-11-29(12-16-31)35-37(41)36(38(35)42)30-13-17-32(18-14-30)40(24(3)4)34-20-10-26(6)22-28(34)8/h9-24H,1-8H3/p+1. The number of Topliss-reactive ketones (excluding diaryl/α,β-unsaturated/α-hetero) is 1. The van der Waals surface area contributed by atoms with Crippen LogP contribution in [0.1, 0.15) is 55.5 Å². The van der Waals surface area contributed by atoms with Crippen LogP contribution in [0.3, 0.4) is 0 Å². The number of ketones is 1. The molecule has 4 nitrogen and oxygen atoms in total. The highest BCUT2D eigenvalue weighted by molar-refractivity contribution is 6.39. The molecule has 0 aliphatic heterocycles. The van der Waals surface area contributed by atoms with E-state index in [4.69, 9.17) is 0 Å². The lowest BCUT2D eigenvalue weighted by Crippen LogP contribution is -2.26. The number of anilines is 2. The summed E-state index contributed by atoms with van der Waals surface area (Å²) in [5, 5.41) is 11.1. The Hall–Kier alpha value is -4.44. The number of aliphatic hydroxyl groups excluding tert-OH is 1. The molecule has 0 fully saturated rings. The molecule has 2 aliphatic carbocycles. The van der Waals surface area contributed by atoms with E-state index in [1.54, 1.807) is 0 Å². The van der Waals surface area contributed by atoms with E-state index in [2.05, 4.69) is 101 Å². The van der Waals surface area contributed by atoms with Gasteiger partial charge < -0.3 is 10.0 Å². The number of aliphatic hydroxyl groups is 1. The van der Waals surface area contributed by atoms with Crippen LogP contribution in [0.15, 0.2) is 102 Å². The third kappa shape index (κ3) is 5.30. The molecule has 0 heterocycles. The number of benzene rings is 3. The van der Waals surface area contributed by atoms with Crippen LogP contribution in [-0.4, -0.2) is 33.3 Å². The topological polar surface area (TPSA) is 43.5 Å². The molecule has 0 saturated heterocycles. The zero-order valence-electron chi connectivity index (χ0n) is 26.0. The maximum Gasteiger partial charge on any atom is 0.208 e. The van der Waals surface area contributed by atoms with E-state index in [9.17, 15) is 9.90 Å². The van der Waals surface area contributed by atoms with Gasteiger partial charge in [0.1, 0.15) is 5.76 Å². The smallest absolute Gasteiger partial charge is 0.208 e. The number of hydrogen-bond acceptors (Lipinski definition) is 3. The van der Waals surface area contributed by atoms with Crippen molar-refractivity contribution in [2.24, 2.45) is 0 Å². The Kier molecular flexibility index (Phi) is 7.92. The summed E-state index contributed by atoms with van der Waals surface area (Å²) in [6.45, 7) is 17.2. The summed E-state index contributed by atoms with van der Waals surface area (Å²) >= 11 is 0. The van der Waals surface area contributed by atoms with E-state index in [1.165, 1.54) is 22.3 Å². The van der Waals surface area contributed by atoms with Crippen molar-refractivity contribution in [1.29, 1.82) is 0 Å². The second-order valence-electron chi connectivity index (χ2n) is 12.0. The SMILES string of the molecule is Cc1ccc(N(c2ccc(C3=C(O)C(=C4C=CC(=[N+](c5ccc(C)cc5C)C(C)C)C=C4)C3=O)cc2)C(C)C)c(C)c1. The fourth-order valence-corrected chi connectivity index (χ4v) is 6.10. The van der Waals surface area contributed by atoms with Crippen molar-refractivity contribution >= 4 is 34.1 Å². The van der Waals surface area contributed by atoms with E-state index >= 15 is 0 Å². The molecule has 0 bridgehead atoms. The molecule has 1 N–H and O–H groups in total. The van der Waals surface area contributed by atoms with Gasteiger partial charge >= 0.3 is 0 Å². The van der Waals surface area contributed by atoms with Crippen LogP contribution in [0, 0.1) is 27.7 Å². The van der Waals surface area contributed by atoms with Crippen molar-refractivity contribution in [1.82, 2.24) is 0 Å². The second-order valence-corrected chi connectivity index (χ2v) is 12.0. The monoisotopic (exact) mass is 557 g/mol. The van der Waals surface area contributed by atoms with E-state index in [-0.39, 0.29) is 23.6 Å². The van der Waals surface area contributed by atoms with Crippen molar-refractivity contribution in [3.8, 4) is 0 Å². The van der Waals surface area contributed by atoms with E-state index in [1.807, 2.05) is 48.6 Å². The Bertz CT molecular complexity index is 1710. The minimum atomic E-state index is -0.127. The van der Waals surface area contributed by atoms with Crippen molar-refractivity contribution in [3.63, 3.8) is 0 Å². The van der Waals surface area contributed by atoms with Gasteiger partial charge in [0, 0.05) is 41.2 Å². The fraction of sp³-hybridized carbons (Fsp3) is 0.263. The first-order valence-corrected chi connectivity index (χ1v) is 14.8. The number of carbonyl (C=O) groups excluding carboxylic acids is 1. The first kappa shape index (κ1) is 29.1. The fourth-order valence-electron chi connectivity index (χ4n) is 6.10. The minimum absolute atomic E-state index is 0.0608. The van der Waals surface area contributed by atoms with Crippen LogP contribution in [-0.2, 0) is 4.79 Å². The van der Waals surface area contributed by atoms with Gasteiger partial charge in [-0.1, -0.05) is 41.5 Å². The Balaban J connectivity index is 1.44. The number of aryl methyl sites for hydroxylation is 4. The van der Waals surface area contributed by atoms with E-state index < -0.39 is 0 Å². The van der Waals surface area contributed by atoms with Crippen molar-refractivity contribution in [2.75, 3.05) is 4.90 Å². The number of nitrogens with zero attached hydrogens (tertiary/aromatic N) is 2. The molecule has 0 unspecified atom stereocenters. The van der Waals surface area contributed by atoms with Gasteiger partial charge in [0.15, 0.2) is 6.04 Å². The average molecular weight is 558 g/mol. The molecule has 0 radical (unpaired) electrons. The molecule has 42 heavy (non-hydrogen) atoms. The lowest BCUT2D eigenvalue weighted by Gasteiger charge is -2.31. The molecule has 214 valence electrons. The van der Waals surface area contributed by atoms with Gasteiger partial charge in [-0.05, 0) is 109 Å². The van der Waals surface area contributed by atoms with Gasteiger partial charge in [-0.3, -0.25) is 4.79 Å². The van der Waals surface area contributed by atoms with Gasteiger partial charge in [0.2, 0.25) is 17.2 Å². The second kappa shape index (κ2) is 11.4. The molecule has 0 spiro atoms. The van der Waals surface area contributed by atoms with Gasteiger partial charge in [0.25, 0.3) is 0 Å². The quantitative estimate of drug-likeness (QED) is 0.243. The predicted molar refractivity (Wildman–Crippen MR) is 175 cm³/mol. The average Bonchev–Trinajstić information content (AvgIpc) is 2.93. The normalized spacial score (nSPS) is 14.8. The summed E-state index contributed by atoms with van der Waals surface area (Å²) < 4.78 is 2.30. The van der Waals surface area contributed by atoms with Crippen LogP contribution in [0.25, 0.3) is 5.57 Å². The molecule has 3 aromatic rings. The molecule has 3 aromatic carbocycles. The summed E-state index contributed by atoms with van der Waals surface area (Å²) in [5.74, 6) is -0.0659. The zero-order valence-corrected chi connectivity index (χ0v) is 26.0. The summed E-state index contributed by atoms with van der Waals surface area (Å²) in [5.41, 5.74) is 11.6. The van der Waals surface area contributed by atoms with E-state index in [0.717, 1.165) is 33.9 Å². The maximum atomic E-state index is 13.3. The van der Waals surface area contributed by atoms with Crippen LogP contribution in [0.5, 0.6) is 0 Å². The lowest BCUT2D eigenvalue weighted by molar-refractivity contribution is -0.474. The Morgan fingerprint density at radius 2 is 1.31 bits per heavy atom. The van der Waals surface area contributed by atoms with E-state index in [0.29, 0.717) is 11.1 Å². The highest BCUT2D eigenvalue weighted by atomic mass is 16.3.